The summed E-state index contributed by atoms with van der Waals surface area (Å²) in [6, 6.07) is 0. The molecule has 0 saturated heterocycles. The van der Waals surface area contributed by atoms with E-state index in [1.807, 2.05) is 24.9 Å². The molecule has 0 aliphatic carbocycles. The Morgan fingerprint density at radius 2 is 1.60 bits per heavy atom. The Morgan fingerprint density at radius 3 is 1.80 bits per heavy atom. The van der Waals surface area contributed by atoms with Gasteiger partial charge in [-0.05, 0) is 23.9 Å². The second-order valence-corrected chi connectivity index (χ2v) is 3.16. The molecule has 0 bridgehead atoms. The minimum absolute atomic E-state index is 0.514. The second-order valence-electron chi connectivity index (χ2n) is 1.64. The predicted octanol–water partition coefficient (Wildman–Crippen LogP) is 1.02. The molecule has 1 aromatic heterocycles. The lowest BCUT2D eigenvalue weighted by Gasteiger charge is -1.94. The van der Waals surface area contributed by atoms with Gasteiger partial charge in [-0.25, -0.2) is 0 Å². The van der Waals surface area contributed by atoms with Crippen molar-refractivity contribution in [1.82, 2.24) is 7.94 Å². The van der Waals surface area contributed by atoms with Gasteiger partial charge in [0.1, 0.15) is 0 Å². The SMILES string of the molecule is CSn1ccn(SC)c1=N. The number of nitrogens with one attached hydrogen (secondary N) is 1. The molecule has 1 heterocycles. The maximum atomic E-state index is 7.51. The molecule has 10 heavy (non-hydrogen) atoms. The van der Waals surface area contributed by atoms with Crippen LogP contribution >= 0.6 is 23.9 Å². The van der Waals surface area contributed by atoms with Crippen molar-refractivity contribution in [1.29, 1.82) is 5.41 Å². The molecule has 1 N–H and O–H groups in total. The smallest absolute Gasteiger partial charge is 0.222 e. The van der Waals surface area contributed by atoms with Gasteiger partial charge in [0.25, 0.3) is 0 Å². The first-order valence-corrected chi connectivity index (χ1v) is 5.09. The molecule has 1 rings (SSSR count). The van der Waals surface area contributed by atoms with E-state index in [2.05, 4.69) is 0 Å². The quantitative estimate of drug-likeness (QED) is 0.728. The summed E-state index contributed by atoms with van der Waals surface area (Å²) in [5.41, 5.74) is 0.514. The van der Waals surface area contributed by atoms with Crippen molar-refractivity contribution in [3.05, 3.63) is 18.0 Å². The van der Waals surface area contributed by atoms with Crippen molar-refractivity contribution in [2.45, 2.75) is 0 Å². The lowest BCUT2D eigenvalue weighted by Crippen LogP contribution is -2.16. The van der Waals surface area contributed by atoms with Crippen LogP contribution in [0.25, 0.3) is 0 Å². The standard InChI is InChI=1S/C5H9N3S2/c1-9-7-3-4-8(10-2)5(7)6/h3-4,6H,1-2H3. The molecule has 0 aromatic carbocycles. The Bertz CT molecular complexity index is 238. The number of hydrogen-bond acceptors (Lipinski definition) is 3. The highest BCUT2D eigenvalue weighted by molar-refractivity contribution is 7.97. The van der Waals surface area contributed by atoms with E-state index in [-0.39, 0.29) is 0 Å². The maximum Gasteiger partial charge on any atom is 0.222 e. The normalized spacial score (nSPS) is 10.2. The number of imidazole rings is 1. The van der Waals surface area contributed by atoms with Crippen molar-refractivity contribution >= 4 is 23.9 Å². The van der Waals surface area contributed by atoms with Gasteiger partial charge in [0.2, 0.25) is 5.62 Å². The summed E-state index contributed by atoms with van der Waals surface area (Å²) in [5.74, 6) is 0. The van der Waals surface area contributed by atoms with Gasteiger partial charge in [0.15, 0.2) is 0 Å². The molecular formula is C5H9N3S2. The van der Waals surface area contributed by atoms with Crippen molar-refractivity contribution in [3.8, 4) is 0 Å². The average Bonchev–Trinajstić information content (AvgIpc) is 2.30. The Labute approximate surface area is 68.2 Å². The van der Waals surface area contributed by atoms with Crippen molar-refractivity contribution in [3.63, 3.8) is 0 Å². The minimum Gasteiger partial charge on any atom is -0.267 e. The Morgan fingerprint density at radius 1 is 1.20 bits per heavy atom. The fourth-order valence-corrected chi connectivity index (χ4v) is 1.58. The number of aromatic nitrogens is 2. The summed E-state index contributed by atoms with van der Waals surface area (Å²) in [5, 5.41) is 7.51. The summed E-state index contributed by atoms with van der Waals surface area (Å²) in [6.07, 6.45) is 7.65. The van der Waals surface area contributed by atoms with E-state index in [0.29, 0.717) is 5.62 Å². The lowest BCUT2D eigenvalue weighted by atomic mass is 11.0. The molecular weight excluding hydrogens is 166 g/mol. The Balaban J connectivity index is 3.09. The average molecular weight is 175 g/mol. The van der Waals surface area contributed by atoms with Crippen LogP contribution in [0.1, 0.15) is 0 Å². The van der Waals surface area contributed by atoms with E-state index in [1.165, 1.54) is 23.9 Å². The molecule has 56 valence electrons. The van der Waals surface area contributed by atoms with E-state index in [1.54, 1.807) is 7.94 Å². The van der Waals surface area contributed by atoms with Crippen LogP contribution in [0.4, 0.5) is 0 Å². The van der Waals surface area contributed by atoms with Gasteiger partial charge in [-0.1, -0.05) is 0 Å². The van der Waals surface area contributed by atoms with Crippen LogP contribution in [0.2, 0.25) is 0 Å². The van der Waals surface area contributed by atoms with E-state index in [9.17, 15) is 0 Å². The Hall–Kier alpha value is -0.290. The molecule has 0 amide bonds. The van der Waals surface area contributed by atoms with Gasteiger partial charge in [0, 0.05) is 24.9 Å². The second kappa shape index (κ2) is 3.21. The van der Waals surface area contributed by atoms with Crippen LogP contribution in [0.3, 0.4) is 0 Å². The first-order valence-electron chi connectivity index (χ1n) is 2.73. The highest BCUT2D eigenvalue weighted by Gasteiger charge is 1.94. The summed E-state index contributed by atoms with van der Waals surface area (Å²) < 4.78 is 3.60. The monoisotopic (exact) mass is 175 g/mol. The summed E-state index contributed by atoms with van der Waals surface area (Å²) in [4.78, 5) is 0. The zero-order valence-electron chi connectivity index (χ0n) is 5.87. The topological polar surface area (TPSA) is 33.7 Å². The first kappa shape index (κ1) is 7.81. The van der Waals surface area contributed by atoms with E-state index >= 15 is 0 Å². The fourth-order valence-electron chi connectivity index (χ4n) is 0.654. The molecule has 0 radical (unpaired) electrons. The van der Waals surface area contributed by atoms with E-state index < -0.39 is 0 Å². The van der Waals surface area contributed by atoms with Gasteiger partial charge in [-0.15, -0.1) is 0 Å². The summed E-state index contributed by atoms with van der Waals surface area (Å²) >= 11 is 3.05. The summed E-state index contributed by atoms with van der Waals surface area (Å²) in [7, 11) is 0. The van der Waals surface area contributed by atoms with Crippen LogP contribution in [0, 0.1) is 5.41 Å². The number of nitrogens with zero attached hydrogens (tertiary/aromatic N) is 2. The minimum atomic E-state index is 0.514. The van der Waals surface area contributed by atoms with E-state index in [4.69, 9.17) is 5.41 Å². The van der Waals surface area contributed by atoms with Crippen LogP contribution < -0.4 is 5.62 Å². The van der Waals surface area contributed by atoms with Gasteiger partial charge in [-0.2, -0.15) is 0 Å². The van der Waals surface area contributed by atoms with Gasteiger partial charge >= 0.3 is 0 Å². The highest BCUT2D eigenvalue weighted by Crippen LogP contribution is 1.99. The number of hydrogen-bond donors (Lipinski definition) is 1. The van der Waals surface area contributed by atoms with E-state index in [0.717, 1.165) is 0 Å². The molecule has 0 spiro atoms. The van der Waals surface area contributed by atoms with Gasteiger partial charge < -0.3 is 0 Å². The van der Waals surface area contributed by atoms with Gasteiger partial charge in [0.05, 0.1) is 0 Å². The molecule has 1 aromatic rings. The fraction of sp³-hybridized carbons (Fsp3) is 0.400. The maximum absolute atomic E-state index is 7.51. The van der Waals surface area contributed by atoms with Crippen molar-refractivity contribution < 1.29 is 0 Å². The molecule has 0 atom stereocenters. The Kier molecular flexibility index (Phi) is 2.50. The molecule has 0 aliphatic heterocycles. The van der Waals surface area contributed by atoms with Crippen LogP contribution in [0.15, 0.2) is 12.4 Å². The van der Waals surface area contributed by atoms with Crippen molar-refractivity contribution in [2.24, 2.45) is 0 Å². The molecule has 0 saturated carbocycles. The third-order valence-corrected chi connectivity index (χ3v) is 2.52. The zero-order chi connectivity index (χ0) is 7.56. The third-order valence-electron chi connectivity index (χ3n) is 1.15. The number of rotatable bonds is 2. The largest absolute Gasteiger partial charge is 0.267 e. The van der Waals surface area contributed by atoms with Crippen LogP contribution in [-0.4, -0.2) is 20.5 Å². The molecule has 5 heteroatoms. The first-order chi connectivity index (χ1) is 4.79. The predicted molar refractivity (Wildman–Crippen MR) is 46.1 cm³/mol. The molecule has 0 fully saturated rings. The van der Waals surface area contributed by atoms with Gasteiger partial charge in [-0.3, -0.25) is 13.4 Å². The molecule has 0 unspecified atom stereocenters. The van der Waals surface area contributed by atoms with Crippen LogP contribution in [-0.2, 0) is 0 Å². The highest BCUT2D eigenvalue weighted by atomic mass is 32.2. The van der Waals surface area contributed by atoms with Crippen molar-refractivity contribution in [2.75, 3.05) is 12.5 Å². The molecule has 0 aliphatic rings. The third kappa shape index (κ3) is 1.24. The zero-order valence-corrected chi connectivity index (χ0v) is 7.50. The van der Waals surface area contributed by atoms with Crippen LogP contribution in [0.5, 0.6) is 0 Å². The lowest BCUT2D eigenvalue weighted by molar-refractivity contribution is 0.965. The summed E-state index contributed by atoms with van der Waals surface area (Å²) in [6.45, 7) is 0. The molecule has 3 nitrogen and oxygen atoms in total.